The Balaban J connectivity index is 1.96. The summed E-state index contributed by atoms with van der Waals surface area (Å²) in [5, 5.41) is 9.22. The van der Waals surface area contributed by atoms with Gasteiger partial charge >= 0.3 is 11.9 Å². The van der Waals surface area contributed by atoms with E-state index in [2.05, 4.69) is 0 Å². The smallest absolute Gasteiger partial charge is 0.306 e. The molecule has 2 fully saturated rings. The van der Waals surface area contributed by atoms with Crippen LogP contribution < -0.4 is 0 Å². The number of aliphatic carboxylic acids is 1. The van der Waals surface area contributed by atoms with E-state index in [1.54, 1.807) is 34.6 Å². The van der Waals surface area contributed by atoms with Gasteiger partial charge in [-0.25, -0.2) is 0 Å². The van der Waals surface area contributed by atoms with Gasteiger partial charge in [0.05, 0.1) is 16.7 Å². The SMILES string of the molecule is CC(=O)O[C@@H]1C(=O)C2=C(C(=O)C[C@H]3C(C)(C)C(=O)CC[C@]23C)[C@]2(C)C(=O)C/C(=C(/C)CC(=O)CC(C)C(=O)O)[C@@]12C. The topological polar surface area (TPSA) is 149 Å². The van der Waals surface area contributed by atoms with E-state index in [1.807, 2.05) is 6.92 Å². The monoisotopic (exact) mass is 568 g/mol. The third-order valence-electron chi connectivity index (χ3n) is 11.0. The second kappa shape index (κ2) is 9.66. The predicted molar refractivity (Wildman–Crippen MR) is 146 cm³/mol. The third-order valence-corrected chi connectivity index (χ3v) is 11.0. The zero-order valence-corrected chi connectivity index (χ0v) is 25.2. The quantitative estimate of drug-likeness (QED) is 0.368. The molecule has 0 aromatic heterocycles. The number of fused-ring (bicyclic) bond motifs is 4. The average Bonchev–Trinajstić information content (AvgIpc) is 3.07. The van der Waals surface area contributed by atoms with E-state index in [0.29, 0.717) is 17.6 Å². The summed E-state index contributed by atoms with van der Waals surface area (Å²) in [5.41, 5.74) is -3.39. The predicted octanol–water partition coefficient (Wildman–Crippen LogP) is 4.15. The van der Waals surface area contributed by atoms with Gasteiger partial charge in [-0.05, 0) is 26.2 Å². The molecule has 4 aliphatic carbocycles. The Kier molecular flexibility index (Phi) is 7.24. The van der Waals surface area contributed by atoms with Crippen molar-refractivity contribution in [2.24, 2.45) is 33.5 Å². The molecule has 0 radical (unpaired) electrons. The molecule has 2 saturated carbocycles. The van der Waals surface area contributed by atoms with Gasteiger partial charge in [0, 0.05) is 61.0 Å². The van der Waals surface area contributed by atoms with Gasteiger partial charge < -0.3 is 9.84 Å². The molecular formula is C32H40O9. The van der Waals surface area contributed by atoms with Crippen LogP contribution in [-0.4, -0.2) is 52.1 Å². The van der Waals surface area contributed by atoms with Crippen LogP contribution in [0.5, 0.6) is 0 Å². The minimum absolute atomic E-state index is 0.0160. The van der Waals surface area contributed by atoms with Crippen molar-refractivity contribution in [3.05, 3.63) is 22.3 Å². The van der Waals surface area contributed by atoms with E-state index >= 15 is 0 Å². The van der Waals surface area contributed by atoms with Crippen molar-refractivity contribution in [1.82, 2.24) is 0 Å². The van der Waals surface area contributed by atoms with Gasteiger partial charge in [-0.2, -0.15) is 0 Å². The molecule has 1 N–H and O–H groups in total. The highest BCUT2D eigenvalue weighted by Gasteiger charge is 2.73. The molecular weight excluding hydrogens is 528 g/mol. The first-order valence-electron chi connectivity index (χ1n) is 14.3. The fraction of sp³-hybridized carbons (Fsp3) is 0.656. The van der Waals surface area contributed by atoms with Crippen LogP contribution in [0.25, 0.3) is 0 Å². The van der Waals surface area contributed by atoms with Crippen LogP contribution in [0.1, 0.15) is 93.9 Å². The van der Waals surface area contributed by atoms with Crippen LogP contribution in [0.3, 0.4) is 0 Å². The van der Waals surface area contributed by atoms with Crippen molar-refractivity contribution in [2.75, 3.05) is 0 Å². The molecule has 1 unspecified atom stereocenters. The summed E-state index contributed by atoms with van der Waals surface area (Å²) in [6.07, 6.45) is -1.32. The average molecular weight is 569 g/mol. The molecule has 6 atom stereocenters. The lowest BCUT2D eigenvalue weighted by Crippen LogP contribution is -2.63. The number of hydrogen-bond donors (Lipinski definition) is 1. The Morgan fingerprint density at radius 3 is 2.15 bits per heavy atom. The zero-order valence-electron chi connectivity index (χ0n) is 25.2. The first-order chi connectivity index (χ1) is 18.8. The van der Waals surface area contributed by atoms with Crippen LogP contribution in [0, 0.1) is 33.5 Å². The summed E-state index contributed by atoms with van der Waals surface area (Å²) in [6, 6.07) is 0. The molecule has 222 valence electrons. The fourth-order valence-corrected chi connectivity index (χ4v) is 8.45. The van der Waals surface area contributed by atoms with Crippen LogP contribution in [-0.2, 0) is 38.3 Å². The maximum absolute atomic E-state index is 14.6. The van der Waals surface area contributed by atoms with E-state index in [0.717, 1.165) is 0 Å². The van der Waals surface area contributed by atoms with E-state index in [-0.39, 0.29) is 66.4 Å². The molecule has 9 nitrogen and oxygen atoms in total. The molecule has 4 rings (SSSR count). The number of carbonyl (C=O) groups excluding carboxylic acids is 6. The lowest BCUT2D eigenvalue weighted by molar-refractivity contribution is -0.167. The van der Waals surface area contributed by atoms with E-state index in [1.165, 1.54) is 13.8 Å². The molecule has 0 amide bonds. The molecule has 0 aromatic rings. The molecule has 9 heteroatoms. The number of esters is 1. The van der Waals surface area contributed by atoms with E-state index in [9.17, 15) is 38.7 Å². The lowest BCUT2D eigenvalue weighted by atomic mass is 9.43. The molecule has 0 saturated heterocycles. The Labute approximate surface area is 240 Å². The largest absolute Gasteiger partial charge is 0.481 e. The van der Waals surface area contributed by atoms with Crippen LogP contribution in [0.2, 0.25) is 0 Å². The van der Waals surface area contributed by atoms with Gasteiger partial charge in [-0.3, -0.25) is 33.6 Å². The Morgan fingerprint density at radius 1 is 0.976 bits per heavy atom. The highest BCUT2D eigenvalue weighted by atomic mass is 16.5. The number of ketones is 5. The highest BCUT2D eigenvalue weighted by molar-refractivity contribution is 6.19. The molecule has 41 heavy (non-hydrogen) atoms. The number of hydrogen-bond acceptors (Lipinski definition) is 8. The van der Waals surface area contributed by atoms with Crippen molar-refractivity contribution >= 4 is 40.9 Å². The summed E-state index contributed by atoms with van der Waals surface area (Å²) >= 11 is 0. The second-order valence-electron chi connectivity index (χ2n) is 13.7. The molecule has 0 spiro atoms. The first-order valence-corrected chi connectivity index (χ1v) is 14.3. The maximum atomic E-state index is 14.6. The second-order valence-corrected chi connectivity index (χ2v) is 13.7. The van der Waals surface area contributed by atoms with E-state index < -0.39 is 57.3 Å². The number of carboxylic acid groups (broad SMARTS) is 1. The Morgan fingerprint density at radius 2 is 1.59 bits per heavy atom. The Bertz CT molecular complexity index is 1380. The lowest BCUT2D eigenvalue weighted by Gasteiger charge is -2.59. The van der Waals surface area contributed by atoms with Gasteiger partial charge in [-0.15, -0.1) is 0 Å². The summed E-state index contributed by atoms with van der Waals surface area (Å²) in [4.78, 5) is 92.2. The molecule has 4 aliphatic rings. The number of carbonyl (C=O) groups is 7. The molecule has 0 aromatic carbocycles. The van der Waals surface area contributed by atoms with Gasteiger partial charge in [0.2, 0.25) is 5.78 Å². The molecule has 0 bridgehead atoms. The number of Topliss-reactive ketones (excluding diaryl/α,β-unsaturated/α-hetero) is 5. The minimum Gasteiger partial charge on any atom is -0.481 e. The maximum Gasteiger partial charge on any atom is 0.306 e. The van der Waals surface area contributed by atoms with Crippen LogP contribution in [0.4, 0.5) is 0 Å². The van der Waals surface area contributed by atoms with Crippen LogP contribution >= 0.6 is 0 Å². The van der Waals surface area contributed by atoms with Gasteiger partial charge in [0.25, 0.3) is 0 Å². The Hall–Kier alpha value is -3.23. The summed E-state index contributed by atoms with van der Waals surface area (Å²) < 4.78 is 5.75. The summed E-state index contributed by atoms with van der Waals surface area (Å²) in [5.74, 6) is -4.67. The normalized spacial score (nSPS) is 36.3. The molecule has 0 aliphatic heterocycles. The van der Waals surface area contributed by atoms with Gasteiger partial charge in [0.1, 0.15) is 17.3 Å². The van der Waals surface area contributed by atoms with Crippen molar-refractivity contribution in [3.63, 3.8) is 0 Å². The number of rotatable bonds is 6. The highest BCUT2D eigenvalue weighted by Crippen LogP contribution is 2.69. The van der Waals surface area contributed by atoms with Crippen molar-refractivity contribution < 1.29 is 43.4 Å². The van der Waals surface area contributed by atoms with Crippen molar-refractivity contribution in [3.8, 4) is 0 Å². The van der Waals surface area contributed by atoms with Crippen LogP contribution in [0.15, 0.2) is 22.3 Å². The van der Waals surface area contributed by atoms with E-state index in [4.69, 9.17) is 4.74 Å². The van der Waals surface area contributed by atoms with Gasteiger partial charge in [0.15, 0.2) is 11.9 Å². The molecule has 0 heterocycles. The number of ether oxygens (including phenoxy) is 1. The third kappa shape index (κ3) is 4.13. The van der Waals surface area contributed by atoms with Crippen molar-refractivity contribution in [1.29, 1.82) is 0 Å². The summed E-state index contributed by atoms with van der Waals surface area (Å²) in [7, 11) is 0. The van der Waals surface area contributed by atoms with Crippen molar-refractivity contribution in [2.45, 2.75) is 100 Å². The first kappa shape index (κ1) is 30.7. The number of allylic oxidation sites excluding steroid dienone is 2. The fourth-order valence-electron chi connectivity index (χ4n) is 8.45. The zero-order chi connectivity index (χ0) is 31.0. The minimum atomic E-state index is -1.51. The van der Waals surface area contributed by atoms with Gasteiger partial charge in [-0.1, -0.05) is 45.8 Å². The summed E-state index contributed by atoms with van der Waals surface area (Å²) in [6.45, 7) is 13.1. The standard InChI is InChI=1S/C32H40O9/c1-15(11-18(34)12-16(2)28(39)40)19-13-23(37)32(8)24-20(35)14-21-29(4,5)22(36)9-10-30(21,6)25(24)26(38)27(31(19,32)7)41-17(3)33/h16,21,27H,9-14H2,1-8H3,(H,39,40)/b19-15+/t16?,21-,27+,30-,31-,32-/m0/s1. The number of carboxylic acids is 1.